The molecular formula is C15H20N2OS. The second-order valence-electron chi connectivity index (χ2n) is 4.51. The first-order chi connectivity index (χ1) is 9.24. The van der Waals surface area contributed by atoms with Gasteiger partial charge < -0.3 is 4.74 Å². The summed E-state index contributed by atoms with van der Waals surface area (Å²) < 4.78 is 5.67. The van der Waals surface area contributed by atoms with E-state index < -0.39 is 0 Å². The maximum Gasteiger partial charge on any atom is 0.119 e. The van der Waals surface area contributed by atoms with E-state index in [1.54, 1.807) is 11.3 Å². The van der Waals surface area contributed by atoms with E-state index in [1.165, 1.54) is 10.4 Å². The van der Waals surface area contributed by atoms with Crippen molar-refractivity contribution in [3.8, 4) is 5.75 Å². The maximum absolute atomic E-state index is 5.71. The Morgan fingerprint density at radius 3 is 2.79 bits per heavy atom. The molecule has 0 fully saturated rings. The number of nitrogens with one attached hydrogen (secondary N) is 1. The van der Waals surface area contributed by atoms with Crippen molar-refractivity contribution in [2.24, 2.45) is 5.84 Å². The topological polar surface area (TPSA) is 47.3 Å². The van der Waals surface area contributed by atoms with Crippen LogP contribution in [0.15, 0.2) is 35.7 Å². The predicted octanol–water partition coefficient (Wildman–Crippen LogP) is 3.40. The number of hydrogen-bond acceptors (Lipinski definition) is 4. The summed E-state index contributed by atoms with van der Waals surface area (Å²) in [7, 11) is 0. The summed E-state index contributed by atoms with van der Waals surface area (Å²) >= 11 is 1.73. The second kappa shape index (κ2) is 6.70. The van der Waals surface area contributed by atoms with Gasteiger partial charge in [-0.1, -0.05) is 19.1 Å². The van der Waals surface area contributed by atoms with E-state index >= 15 is 0 Å². The minimum Gasteiger partial charge on any atom is -0.494 e. The molecule has 1 aromatic carbocycles. The fourth-order valence-corrected chi connectivity index (χ4v) is 2.73. The molecule has 4 heteroatoms. The molecule has 1 aromatic heterocycles. The normalized spacial score (nSPS) is 12.4. The lowest BCUT2D eigenvalue weighted by molar-refractivity contribution is 0.317. The van der Waals surface area contributed by atoms with Crippen molar-refractivity contribution in [1.29, 1.82) is 0 Å². The molecule has 102 valence electrons. The molecule has 0 aliphatic carbocycles. The van der Waals surface area contributed by atoms with E-state index in [4.69, 9.17) is 10.6 Å². The van der Waals surface area contributed by atoms with Gasteiger partial charge in [0.1, 0.15) is 5.75 Å². The summed E-state index contributed by atoms with van der Waals surface area (Å²) in [4.78, 5) is 1.29. The number of ether oxygens (including phenoxy) is 1. The van der Waals surface area contributed by atoms with Gasteiger partial charge in [0.2, 0.25) is 0 Å². The fraction of sp³-hybridized carbons (Fsp3) is 0.333. The van der Waals surface area contributed by atoms with Crippen LogP contribution in [-0.4, -0.2) is 6.61 Å². The van der Waals surface area contributed by atoms with Gasteiger partial charge in [-0.2, -0.15) is 0 Å². The number of thiophene rings is 1. The van der Waals surface area contributed by atoms with Crippen LogP contribution >= 0.6 is 11.3 Å². The molecule has 0 spiro atoms. The number of aryl methyl sites for hydroxylation is 1. The van der Waals surface area contributed by atoms with Crippen LogP contribution in [0.25, 0.3) is 0 Å². The Bertz CT molecular complexity index is 524. The quantitative estimate of drug-likeness (QED) is 0.628. The Labute approximate surface area is 118 Å². The van der Waals surface area contributed by atoms with Crippen LogP contribution in [-0.2, 0) is 0 Å². The Morgan fingerprint density at radius 2 is 2.16 bits per heavy atom. The summed E-state index contributed by atoms with van der Waals surface area (Å²) in [6, 6.07) is 10.3. The zero-order valence-electron chi connectivity index (χ0n) is 11.3. The first-order valence-electron chi connectivity index (χ1n) is 6.48. The van der Waals surface area contributed by atoms with E-state index in [0.29, 0.717) is 0 Å². The highest BCUT2D eigenvalue weighted by atomic mass is 32.1. The zero-order valence-corrected chi connectivity index (χ0v) is 12.2. The number of rotatable bonds is 6. The van der Waals surface area contributed by atoms with Gasteiger partial charge in [0, 0.05) is 4.88 Å². The summed E-state index contributed by atoms with van der Waals surface area (Å²) in [5.74, 6) is 6.61. The van der Waals surface area contributed by atoms with Crippen LogP contribution in [0.3, 0.4) is 0 Å². The lowest BCUT2D eigenvalue weighted by atomic mass is 10.0. The van der Waals surface area contributed by atoms with Crippen molar-refractivity contribution in [2.75, 3.05) is 6.61 Å². The molecule has 0 radical (unpaired) electrons. The first-order valence-corrected chi connectivity index (χ1v) is 7.36. The Balaban J connectivity index is 2.23. The van der Waals surface area contributed by atoms with Gasteiger partial charge in [-0.15, -0.1) is 11.3 Å². The van der Waals surface area contributed by atoms with Crippen LogP contribution in [0.5, 0.6) is 5.75 Å². The SMILES string of the molecule is CCCOc1cccc(C(NN)c2csc(C)c2)c1. The molecule has 0 bridgehead atoms. The third-order valence-electron chi connectivity index (χ3n) is 2.92. The second-order valence-corrected chi connectivity index (χ2v) is 5.63. The highest BCUT2D eigenvalue weighted by Crippen LogP contribution is 2.27. The Kier molecular flexibility index (Phi) is 4.96. The third-order valence-corrected chi connectivity index (χ3v) is 3.79. The lowest BCUT2D eigenvalue weighted by Crippen LogP contribution is -2.28. The van der Waals surface area contributed by atoms with Crippen LogP contribution < -0.4 is 16.0 Å². The van der Waals surface area contributed by atoms with Gasteiger partial charge in [0.05, 0.1) is 12.6 Å². The van der Waals surface area contributed by atoms with Gasteiger partial charge >= 0.3 is 0 Å². The number of nitrogens with two attached hydrogens (primary N) is 1. The average molecular weight is 276 g/mol. The third kappa shape index (κ3) is 3.56. The molecule has 2 aromatic rings. The molecule has 0 saturated carbocycles. The maximum atomic E-state index is 5.71. The van der Waals surface area contributed by atoms with Crippen LogP contribution in [0.4, 0.5) is 0 Å². The zero-order chi connectivity index (χ0) is 13.7. The van der Waals surface area contributed by atoms with E-state index in [1.807, 2.05) is 18.2 Å². The molecule has 2 rings (SSSR count). The standard InChI is InChI=1S/C15H20N2OS/c1-3-7-18-14-6-4-5-12(9-14)15(17-16)13-8-11(2)19-10-13/h4-6,8-10,15,17H,3,7,16H2,1-2H3. The van der Waals surface area contributed by atoms with Gasteiger partial charge in [0.25, 0.3) is 0 Å². The van der Waals surface area contributed by atoms with Crippen molar-refractivity contribution in [2.45, 2.75) is 26.3 Å². The number of hydrazine groups is 1. The number of benzene rings is 1. The Hall–Kier alpha value is -1.36. The van der Waals surface area contributed by atoms with Crippen LogP contribution in [0.1, 0.15) is 35.4 Å². The van der Waals surface area contributed by atoms with Crippen molar-refractivity contribution >= 4 is 11.3 Å². The molecule has 3 nitrogen and oxygen atoms in total. The minimum absolute atomic E-state index is 0.00938. The average Bonchev–Trinajstić information content (AvgIpc) is 2.84. The van der Waals surface area contributed by atoms with Gasteiger partial charge in [-0.3, -0.25) is 5.84 Å². The minimum atomic E-state index is 0.00938. The molecule has 19 heavy (non-hydrogen) atoms. The van der Waals surface area contributed by atoms with Crippen LogP contribution in [0.2, 0.25) is 0 Å². The molecule has 1 atom stereocenters. The summed E-state index contributed by atoms with van der Waals surface area (Å²) in [5.41, 5.74) is 5.19. The van der Waals surface area contributed by atoms with Crippen molar-refractivity contribution < 1.29 is 4.74 Å². The monoisotopic (exact) mass is 276 g/mol. The predicted molar refractivity (Wildman–Crippen MR) is 80.5 cm³/mol. The van der Waals surface area contributed by atoms with Gasteiger partial charge in [-0.05, 0) is 48.1 Å². The summed E-state index contributed by atoms with van der Waals surface area (Å²) in [5, 5.41) is 2.14. The molecule has 0 saturated heterocycles. The molecule has 1 heterocycles. The smallest absolute Gasteiger partial charge is 0.119 e. The van der Waals surface area contributed by atoms with Crippen molar-refractivity contribution in [3.05, 3.63) is 51.7 Å². The largest absolute Gasteiger partial charge is 0.494 e. The molecule has 0 aliphatic rings. The molecule has 1 unspecified atom stereocenters. The van der Waals surface area contributed by atoms with Crippen LogP contribution in [0, 0.1) is 6.92 Å². The van der Waals surface area contributed by atoms with Gasteiger partial charge in [-0.25, -0.2) is 5.43 Å². The van der Waals surface area contributed by atoms with Crippen molar-refractivity contribution in [3.63, 3.8) is 0 Å². The lowest BCUT2D eigenvalue weighted by Gasteiger charge is -2.16. The molecule has 3 N–H and O–H groups in total. The summed E-state index contributed by atoms with van der Waals surface area (Å²) in [6.07, 6.45) is 1.01. The molecule has 0 amide bonds. The highest BCUT2D eigenvalue weighted by Gasteiger charge is 2.14. The Morgan fingerprint density at radius 1 is 1.32 bits per heavy atom. The van der Waals surface area contributed by atoms with E-state index in [2.05, 4.69) is 36.8 Å². The highest BCUT2D eigenvalue weighted by molar-refractivity contribution is 7.10. The summed E-state index contributed by atoms with van der Waals surface area (Å²) in [6.45, 7) is 4.94. The molecular weight excluding hydrogens is 256 g/mol. The van der Waals surface area contributed by atoms with E-state index in [-0.39, 0.29) is 6.04 Å². The fourth-order valence-electron chi connectivity index (χ4n) is 2.00. The molecule has 0 aliphatic heterocycles. The van der Waals surface area contributed by atoms with E-state index in [0.717, 1.165) is 24.3 Å². The van der Waals surface area contributed by atoms with E-state index in [9.17, 15) is 0 Å². The number of hydrogen-bond donors (Lipinski definition) is 2. The van der Waals surface area contributed by atoms with Gasteiger partial charge in [0.15, 0.2) is 0 Å². The first kappa shape index (κ1) is 14.1. The van der Waals surface area contributed by atoms with Crippen molar-refractivity contribution in [1.82, 2.24) is 5.43 Å².